The maximum atomic E-state index is 11.7. The van der Waals surface area contributed by atoms with E-state index >= 15 is 0 Å². The van der Waals surface area contributed by atoms with Crippen LogP contribution >= 0.6 is 0 Å². The zero-order chi connectivity index (χ0) is 13.1. The Kier molecular flexibility index (Phi) is 4.73. The summed E-state index contributed by atoms with van der Waals surface area (Å²) >= 11 is 0. The largest absolute Gasteiger partial charge is 0.299 e. The van der Waals surface area contributed by atoms with Crippen LogP contribution in [0.15, 0.2) is 23.3 Å². The lowest BCUT2D eigenvalue weighted by atomic mass is 9.66. The predicted molar refractivity (Wildman–Crippen MR) is 73.9 cm³/mol. The van der Waals surface area contributed by atoms with Crippen molar-refractivity contribution in [2.45, 2.75) is 60.3 Å². The van der Waals surface area contributed by atoms with Crippen LogP contribution in [0.5, 0.6) is 0 Å². The van der Waals surface area contributed by atoms with Crippen molar-refractivity contribution in [1.82, 2.24) is 0 Å². The van der Waals surface area contributed by atoms with Crippen LogP contribution in [0.25, 0.3) is 0 Å². The number of hydrogen-bond acceptors (Lipinski definition) is 1. The van der Waals surface area contributed by atoms with Crippen molar-refractivity contribution in [3.05, 3.63) is 23.3 Å². The first-order valence-electron chi connectivity index (χ1n) is 6.68. The van der Waals surface area contributed by atoms with Crippen LogP contribution in [0.3, 0.4) is 0 Å². The van der Waals surface area contributed by atoms with Gasteiger partial charge in [0.25, 0.3) is 0 Å². The Hall–Kier alpha value is -0.850. The van der Waals surface area contributed by atoms with E-state index in [1.165, 1.54) is 11.1 Å². The third kappa shape index (κ3) is 3.55. The maximum Gasteiger partial charge on any atom is 0.136 e. The summed E-state index contributed by atoms with van der Waals surface area (Å²) in [4.78, 5) is 11.7. The van der Waals surface area contributed by atoms with Crippen molar-refractivity contribution >= 4 is 5.78 Å². The van der Waals surface area contributed by atoms with Crippen LogP contribution in [-0.2, 0) is 4.79 Å². The highest BCUT2D eigenvalue weighted by Gasteiger charge is 2.37. The van der Waals surface area contributed by atoms with Crippen LogP contribution in [0.2, 0.25) is 0 Å². The molecule has 1 aliphatic carbocycles. The number of carbonyl (C=O) groups is 1. The average Bonchev–Trinajstić information content (AvgIpc) is 2.22. The number of Topliss-reactive ketones (excluding diaryl/α,β-unsaturated/α-hetero) is 1. The third-order valence-corrected chi connectivity index (χ3v) is 4.29. The minimum absolute atomic E-state index is 0.125. The van der Waals surface area contributed by atoms with Gasteiger partial charge in [0.1, 0.15) is 5.78 Å². The summed E-state index contributed by atoms with van der Waals surface area (Å²) in [7, 11) is 0. The molecule has 0 amide bonds. The minimum Gasteiger partial charge on any atom is -0.299 e. The molecular formula is C16H26O. The van der Waals surface area contributed by atoms with E-state index < -0.39 is 0 Å². The second kappa shape index (κ2) is 5.66. The van der Waals surface area contributed by atoms with Gasteiger partial charge >= 0.3 is 0 Å². The Morgan fingerprint density at radius 1 is 1.47 bits per heavy atom. The lowest BCUT2D eigenvalue weighted by molar-refractivity contribution is -0.128. The Balaban J connectivity index is 2.61. The van der Waals surface area contributed by atoms with Gasteiger partial charge in [0.2, 0.25) is 0 Å². The molecule has 0 spiro atoms. The quantitative estimate of drug-likeness (QED) is 0.645. The fourth-order valence-electron chi connectivity index (χ4n) is 2.50. The van der Waals surface area contributed by atoms with Gasteiger partial charge < -0.3 is 0 Å². The standard InChI is InChI=1S/C16H26O/c1-12(2)7-6-8-15-9-10-16(5,14(4)17)13(3)11-15/h7,9,13H,6,8,10-11H2,1-5H3/t13-,16-/m0/s1. The molecular weight excluding hydrogens is 208 g/mol. The van der Waals surface area contributed by atoms with E-state index in [-0.39, 0.29) is 5.41 Å². The fraction of sp³-hybridized carbons (Fsp3) is 0.688. The van der Waals surface area contributed by atoms with E-state index in [2.05, 4.69) is 39.8 Å². The zero-order valence-electron chi connectivity index (χ0n) is 12.0. The summed E-state index contributed by atoms with van der Waals surface area (Å²) < 4.78 is 0. The Morgan fingerprint density at radius 3 is 2.59 bits per heavy atom. The van der Waals surface area contributed by atoms with E-state index in [4.69, 9.17) is 0 Å². The lowest BCUT2D eigenvalue weighted by Crippen LogP contribution is -2.35. The first kappa shape index (κ1) is 14.2. The molecule has 1 heteroatoms. The molecule has 1 aliphatic rings. The molecule has 2 atom stereocenters. The van der Waals surface area contributed by atoms with Crippen LogP contribution in [0.1, 0.15) is 60.3 Å². The summed E-state index contributed by atoms with van der Waals surface area (Å²) in [5.74, 6) is 0.816. The zero-order valence-corrected chi connectivity index (χ0v) is 12.0. The highest BCUT2D eigenvalue weighted by molar-refractivity contribution is 5.82. The van der Waals surface area contributed by atoms with E-state index in [1.54, 1.807) is 6.92 Å². The summed E-state index contributed by atoms with van der Waals surface area (Å²) in [5.41, 5.74) is 2.80. The smallest absolute Gasteiger partial charge is 0.136 e. The second-order valence-corrected chi connectivity index (χ2v) is 5.97. The van der Waals surface area contributed by atoms with Gasteiger partial charge in [-0.2, -0.15) is 0 Å². The molecule has 17 heavy (non-hydrogen) atoms. The van der Waals surface area contributed by atoms with E-state index in [1.807, 2.05) is 0 Å². The average molecular weight is 234 g/mol. The number of ketones is 1. The minimum atomic E-state index is -0.125. The molecule has 0 heterocycles. The van der Waals surface area contributed by atoms with Crippen molar-refractivity contribution in [3.63, 3.8) is 0 Å². The second-order valence-electron chi connectivity index (χ2n) is 5.97. The summed E-state index contributed by atoms with van der Waals surface area (Å²) in [6, 6.07) is 0. The molecule has 0 aromatic rings. The highest BCUT2D eigenvalue weighted by Crippen LogP contribution is 2.41. The number of allylic oxidation sites excluding steroid dienone is 4. The molecule has 96 valence electrons. The highest BCUT2D eigenvalue weighted by atomic mass is 16.1. The summed E-state index contributed by atoms with van der Waals surface area (Å²) in [6.07, 6.45) is 8.91. The summed E-state index contributed by atoms with van der Waals surface area (Å²) in [5, 5.41) is 0. The van der Waals surface area contributed by atoms with Crippen LogP contribution < -0.4 is 0 Å². The number of carbonyl (C=O) groups excluding carboxylic acids is 1. The molecule has 0 aromatic carbocycles. The van der Waals surface area contributed by atoms with Crippen LogP contribution in [-0.4, -0.2) is 5.78 Å². The molecule has 0 bridgehead atoms. The van der Waals surface area contributed by atoms with Crippen molar-refractivity contribution in [1.29, 1.82) is 0 Å². The Bertz CT molecular complexity index is 345. The van der Waals surface area contributed by atoms with E-state index in [9.17, 15) is 4.79 Å². The van der Waals surface area contributed by atoms with Crippen LogP contribution in [0.4, 0.5) is 0 Å². The van der Waals surface area contributed by atoms with Gasteiger partial charge in [-0.1, -0.05) is 37.1 Å². The normalized spacial score (nSPS) is 28.5. The first-order valence-corrected chi connectivity index (χ1v) is 6.68. The topological polar surface area (TPSA) is 17.1 Å². The summed E-state index contributed by atoms with van der Waals surface area (Å²) in [6.45, 7) is 10.4. The Labute approximate surface area is 106 Å². The molecule has 1 rings (SSSR count). The molecule has 0 fully saturated rings. The van der Waals surface area contributed by atoms with Gasteiger partial charge in [0, 0.05) is 5.41 Å². The molecule has 0 saturated carbocycles. The monoisotopic (exact) mass is 234 g/mol. The molecule has 0 saturated heterocycles. The molecule has 0 N–H and O–H groups in total. The number of rotatable bonds is 4. The van der Waals surface area contributed by atoms with Crippen molar-refractivity contribution < 1.29 is 4.79 Å². The maximum absolute atomic E-state index is 11.7. The first-order chi connectivity index (χ1) is 7.86. The van der Waals surface area contributed by atoms with Gasteiger partial charge in [0.15, 0.2) is 0 Å². The predicted octanol–water partition coefficient (Wildman–Crippen LogP) is 4.68. The molecule has 0 aliphatic heterocycles. The fourth-order valence-corrected chi connectivity index (χ4v) is 2.50. The van der Waals surface area contributed by atoms with Gasteiger partial charge in [-0.25, -0.2) is 0 Å². The molecule has 0 unspecified atom stereocenters. The van der Waals surface area contributed by atoms with Crippen LogP contribution in [0, 0.1) is 11.3 Å². The van der Waals surface area contributed by atoms with Crippen molar-refractivity contribution in [2.75, 3.05) is 0 Å². The van der Waals surface area contributed by atoms with Gasteiger partial charge in [-0.3, -0.25) is 4.79 Å². The third-order valence-electron chi connectivity index (χ3n) is 4.29. The lowest BCUT2D eigenvalue weighted by Gasteiger charge is -2.37. The van der Waals surface area contributed by atoms with E-state index in [0.717, 1.165) is 25.7 Å². The molecule has 1 nitrogen and oxygen atoms in total. The van der Waals surface area contributed by atoms with Gasteiger partial charge in [-0.15, -0.1) is 0 Å². The Morgan fingerprint density at radius 2 is 2.12 bits per heavy atom. The van der Waals surface area contributed by atoms with E-state index in [0.29, 0.717) is 11.7 Å². The van der Waals surface area contributed by atoms with Gasteiger partial charge in [0.05, 0.1) is 0 Å². The van der Waals surface area contributed by atoms with Crippen molar-refractivity contribution in [2.24, 2.45) is 11.3 Å². The van der Waals surface area contributed by atoms with Crippen molar-refractivity contribution in [3.8, 4) is 0 Å². The molecule has 0 radical (unpaired) electrons. The molecule has 0 aromatic heterocycles. The van der Waals surface area contributed by atoms with Gasteiger partial charge in [-0.05, 0) is 52.4 Å². The SMILES string of the molecule is CC(=O)[C@@]1(C)CC=C(CCC=C(C)C)C[C@@H]1C. The number of hydrogen-bond donors (Lipinski definition) is 0.